The Hall–Kier alpha value is -2.73. The molecule has 3 saturated heterocycles. The van der Waals surface area contributed by atoms with Crippen LogP contribution in [0, 0.1) is 23.7 Å². The molecule has 256 valence electrons. The van der Waals surface area contributed by atoms with Crippen molar-refractivity contribution in [2.24, 2.45) is 29.4 Å². The summed E-state index contributed by atoms with van der Waals surface area (Å²) >= 11 is 0. The third-order valence-corrected chi connectivity index (χ3v) is 9.92. The molecule has 0 radical (unpaired) electrons. The van der Waals surface area contributed by atoms with Gasteiger partial charge < -0.3 is 36.6 Å². The van der Waals surface area contributed by atoms with E-state index in [9.17, 15) is 29.1 Å². The maximum atomic E-state index is 14.0. The van der Waals surface area contributed by atoms with E-state index in [4.69, 9.17) is 5.73 Å². The fourth-order valence-corrected chi connectivity index (χ4v) is 7.06. The smallest absolute Gasteiger partial charge is 0.246 e. The van der Waals surface area contributed by atoms with E-state index in [0.717, 1.165) is 19.4 Å². The van der Waals surface area contributed by atoms with Gasteiger partial charge in [0, 0.05) is 19.1 Å². The molecule has 0 aromatic rings. The van der Waals surface area contributed by atoms with E-state index in [0.29, 0.717) is 58.0 Å². The molecule has 5 amide bonds. The second-order valence-corrected chi connectivity index (χ2v) is 14.2. The SMILES string of the molecule is CC[C@@H](C)[C@@H](NC(=O)[C@@H](CC(C)C)[C@H](O)C[C@H]1CCCN1)C(=O)N[C@@H](C(=O)N1CCC[C@@H]1C(=O)N1CCC[C@@H]1C(N)=O)C(C)C. The molecule has 3 fully saturated rings. The summed E-state index contributed by atoms with van der Waals surface area (Å²) in [7, 11) is 0. The van der Waals surface area contributed by atoms with Crippen LogP contribution in [-0.4, -0.2) is 100 Å². The topological polar surface area (TPSA) is 174 Å². The Morgan fingerprint density at radius 2 is 1.49 bits per heavy atom. The van der Waals surface area contributed by atoms with E-state index in [1.54, 1.807) is 0 Å². The minimum absolute atomic E-state index is 0.167. The summed E-state index contributed by atoms with van der Waals surface area (Å²) in [5, 5.41) is 20.4. The van der Waals surface area contributed by atoms with Crippen LogP contribution in [0.1, 0.15) is 99.3 Å². The van der Waals surface area contributed by atoms with Crippen molar-refractivity contribution in [3.63, 3.8) is 0 Å². The average molecular weight is 635 g/mol. The number of amides is 5. The van der Waals surface area contributed by atoms with Crippen LogP contribution >= 0.6 is 0 Å². The van der Waals surface area contributed by atoms with Gasteiger partial charge in [-0.2, -0.15) is 0 Å². The van der Waals surface area contributed by atoms with Gasteiger partial charge in [-0.05, 0) is 75.7 Å². The highest BCUT2D eigenvalue weighted by Gasteiger charge is 2.44. The number of nitrogens with two attached hydrogens (primary N) is 1. The number of nitrogens with zero attached hydrogens (tertiary/aromatic N) is 2. The zero-order chi connectivity index (χ0) is 33.4. The monoisotopic (exact) mass is 634 g/mol. The molecule has 8 atom stereocenters. The summed E-state index contributed by atoms with van der Waals surface area (Å²) in [5.74, 6) is -3.00. The van der Waals surface area contributed by atoms with Gasteiger partial charge in [0.2, 0.25) is 29.5 Å². The fraction of sp³-hybridized carbons (Fsp3) is 0.848. The van der Waals surface area contributed by atoms with Crippen LogP contribution in [0.15, 0.2) is 0 Å². The Morgan fingerprint density at radius 1 is 0.867 bits per heavy atom. The molecule has 0 aliphatic carbocycles. The van der Waals surface area contributed by atoms with Crippen molar-refractivity contribution < 1.29 is 29.1 Å². The first-order chi connectivity index (χ1) is 21.3. The zero-order valence-corrected chi connectivity index (χ0v) is 28.2. The van der Waals surface area contributed by atoms with Gasteiger partial charge in [-0.1, -0.05) is 48.0 Å². The molecule has 0 saturated carbocycles. The van der Waals surface area contributed by atoms with Crippen LogP contribution in [0.25, 0.3) is 0 Å². The Labute approximate surface area is 269 Å². The summed E-state index contributed by atoms with van der Waals surface area (Å²) < 4.78 is 0. The van der Waals surface area contributed by atoms with Crippen LogP contribution in [0.2, 0.25) is 0 Å². The summed E-state index contributed by atoms with van der Waals surface area (Å²) in [6, 6.07) is -3.02. The highest BCUT2D eigenvalue weighted by atomic mass is 16.3. The lowest BCUT2D eigenvalue weighted by molar-refractivity contribution is -0.148. The lowest BCUT2D eigenvalue weighted by Crippen LogP contribution is -2.60. The molecule has 12 nitrogen and oxygen atoms in total. The van der Waals surface area contributed by atoms with Gasteiger partial charge in [0.1, 0.15) is 24.2 Å². The van der Waals surface area contributed by atoms with Gasteiger partial charge in [-0.25, -0.2) is 0 Å². The summed E-state index contributed by atoms with van der Waals surface area (Å²) in [5.41, 5.74) is 5.55. The minimum atomic E-state index is -0.912. The third-order valence-electron chi connectivity index (χ3n) is 9.92. The molecule has 3 aliphatic heterocycles. The predicted molar refractivity (Wildman–Crippen MR) is 171 cm³/mol. The molecule has 3 heterocycles. The number of likely N-dealkylation sites (tertiary alicyclic amines) is 2. The molecule has 0 unspecified atom stereocenters. The highest BCUT2D eigenvalue weighted by molar-refractivity contribution is 5.96. The number of nitrogens with one attached hydrogen (secondary N) is 3. The molecule has 3 aliphatic rings. The Bertz CT molecular complexity index is 1050. The largest absolute Gasteiger partial charge is 0.392 e. The summed E-state index contributed by atoms with van der Waals surface area (Å²) in [4.78, 5) is 70.0. The van der Waals surface area contributed by atoms with Gasteiger partial charge in [0.25, 0.3) is 0 Å². The third kappa shape index (κ3) is 9.40. The summed E-state index contributed by atoms with van der Waals surface area (Å²) in [6.07, 6.45) is 5.05. The van der Waals surface area contributed by atoms with Crippen LogP contribution in [0.5, 0.6) is 0 Å². The zero-order valence-electron chi connectivity index (χ0n) is 28.2. The van der Waals surface area contributed by atoms with Gasteiger partial charge in [-0.3, -0.25) is 24.0 Å². The van der Waals surface area contributed by atoms with Gasteiger partial charge in [0.15, 0.2) is 0 Å². The first-order valence-electron chi connectivity index (χ1n) is 17.2. The van der Waals surface area contributed by atoms with E-state index in [1.165, 1.54) is 9.80 Å². The molecule has 12 heteroatoms. The van der Waals surface area contributed by atoms with Crippen molar-refractivity contribution in [1.29, 1.82) is 0 Å². The van der Waals surface area contributed by atoms with Crippen LogP contribution in [0.4, 0.5) is 0 Å². The van der Waals surface area contributed by atoms with Crippen molar-refractivity contribution in [2.75, 3.05) is 19.6 Å². The van der Waals surface area contributed by atoms with Gasteiger partial charge >= 0.3 is 0 Å². The number of primary amides is 1. The number of hydrogen-bond acceptors (Lipinski definition) is 7. The molecule has 6 N–H and O–H groups in total. The standard InChI is InChI=1S/C33H58N6O6/c1-7-21(6)28(37-30(42)23(17-19(2)3)26(40)18-22-11-8-14-35-22)31(43)36-27(20(4)5)33(45)39-16-10-13-25(39)32(44)38-15-9-12-24(38)29(34)41/h19-28,35,40H,7-18H2,1-6H3,(H2,34,41)(H,36,43)(H,37,42)/t21-,22-,23+,24-,25-,26-,27-,28-/m1/s1. The predicted octanol–water partition coefficient (Wildman–Crippen LogP) is 1.29. The van der Waals surface area contributed by atoms with E-state index >= 15 is 0 Å². The first kappa shape index (κ1) is 36.7. The van der Waals surface area contributed by atoms with Gasteiger partial charge in [-0.15, -0.1) is 0 Å². The van der Waals surface area contributed by atoms with Crippen molar-refractivity contribution in [3.8, 4) is 0 Å². The van der Waals surface area contributed by atoms with Crippen molar-refractivity contribution in [1.82, 2.24) is 25.8 Å². The molecule has 0 bridgehead atoms. The number of aliphatic hydroxyl groups excluding tert-OH is 1. The van der Waals surface area contributed by atoms with Crippen LogP contribution < -0.4 is 21.7 Å². The van der Waals surface area contributed by atoms with E-state index in [2.05, 4.69) is 16.0 Å². The first-order valence-corrected chi connectivity index (χ1v) is 17.2. The molecule has 0 aromatic heterocycles. The van der Waals surface area contributed by atoms with Crippen LogP contribution in [-0.2, 0) is 24.0 Å². The Morgan fingerprint density at radius 3 is 2.04 bits per heavy atom. The average Bonchev–Trinajstić information content (AvgIpc) is 3.78. The van der Waals surface area contributed by atoms with Gasteiger partial charge in [0.05, 0.1) is 12.0 Å². The second-order valence-electron chi connectivity index (χ2n) is 14.2. The molecule has 0 spiro atoms. The maximum absolute atomic E-state index is 14.0. The molecule has 3 rings (SSSR count). The summed E-state index contributed by atoms with van der Waals surface area (Å²) in [6.45, 7) is 13.2. The van der Waals surface area contributed by atoms with E-state index < -0.39 is 48.0 Å². The van der Waals surface area contributed by atoms with Crippen molar-refractivity contribution in [3.05, 3.63) is 0 Å². The number of carbonyl (C=O) groups is 5. The molecule has 0 aromatic carbocycles. The highest BCUT2D eigenvalue weighted by Crippen LogP contribution is 2.27. The van der Waals surface area contributed by atoms with Crippen molar-refractivity contribution >= 4 is 29.5 Å². The number of aliphatic hydroxyl groups is 1. The number of hydrogen-bond donors (Lipinski definition) is 5. The van der Waals surface area contributed by atoms with E-state index in [1.807, 2.05) is 41.5 Å². The Kier molecular flexibility index (Phi) is 13.6. The lowest BCUT2D eigenvalue weighted by atomic mass is 9.87. The minimum Gasteiger partial charge on any atom is -0.392 e. The quantitative estimate of drug-likeness (QED) is 0.180. The van der Waals surface area contributed by atoms with E-state index in [-0.39, 0.29) is 41.5 Å². The molecular formula is C33H58N6O6. The van der Waals surface area contributed by atoms with Crippen LogP contribution in [0.3, 0.4) is 0 Å². The Balaban J connectivity index is 1.75. The lowest BCUT2D eigenvalue weighted by Gasteiger charge is -2.34. The number of carbonyl (C=O) groups excluding carboxylic acids is 5. The second kappa shape index (κ2) is 16.7. The maximum Gasteiger partial charge on any atom is 0.246 e. The molecular weight excluding hydrogens is 576 g/mol. The van der Waals surface area contributed by atoms with Crippen molar-refractivity contribution in [2.45, 2.75) is 136 Å². The number of rotatable bonds is 15. The fourth-order valence-electron chi connectivity index (χ4n) is 7.06. The normalized spacial score (nSPS) is 25.2. The molecule has 45 heavy (non-hydrogen) atoms.